The Bertz CT molecular complexity index is 312. The van der Waals surface area contributed by atoms with Gasteiger partial charge in [0.25, 0.3) is 0 Å². The molecule has 0 spiro atoms. The van der Waals surface area contributed by atoms with E-state index in [1.165, 1.54) is 4.88 Å². The molecule has 1 aromatic rings. The summed E-state index contributed by atoms with van der Waals surface area (Å²) in [6.45, 7) is 4.37. The number of hydrogen-bond acceptors (Lipinski definition) is 3. The lowest BCUT2D eigenvalue weighted by atomic mass is 9.93. The van der Waals surface area contributed by atoms with E-state index in [9.17, 15) is 4.79 Å². The molecule has 17 heavy (non-hydrogen) atoms. The van der Waals surface area contributed by atoms with Gasteiger partial charge in [0.05, 0.1) is 12.6 Å². The summed E-state index contributed by atoms with van der Waals surface area (Å²) in [4.78, 5) is 12.6. The highest BCUT2D eigenvalue weighted by Gasteiger charge is 2.22. The van der Waals surface area contributed by atoms with Gasteiger partial charge >= 0.3 is 0 Å². The molecule has 0 fully saturated rings. The zero-order valence-electron chi connectivity index (χ0n) is 10.3. The van der Waals surface area contributed by atoms with Gasteiger partial charge in [0.1, 0.15) is 0 Å². The van der Waals surface area contributed by atoms with Crippen LogP contribution in [-0.2, 0) is 4.79 Å². The minimum atomic E-state index is -0.0784. The van der Waals surface area contributed by atoms with Crippen LogP contribution in [0.4, 0.5) is 0 Å². The van der Waals surface area contributed by atoms with Gasteiger partial charge in [0, 0.05) is 4.88 Å². The lowest BCUT2D eigenvalue weighted by Gasteiger charge is -2.25. The second-order valence-electron chi connectivity index (χ2n) is 3.84. The molecule has 1 amide bonds. The SMILES string of the molecule is CCC(CC)C(NC(=O)CN)c1cccs1.Cl. The number of halogens is 1. The van der Waals surface area contributed by atoms with E-state index >= 15 is 0 Å². The maximum absolute atomic E-state index is 11.4. The van der Waals surface area contributed by atoms with Crippen LogP contribution in [0.2, 0.25) is 0 Å². The van der Waals surface area contributed by atoms with Crippen LogP contribution in [0, 0.1) is 5.92 Å². The third-order valence-electron chi connectivity index (χ3n) is 2.87. The Balaban J connectivity index is 0.00000256. The van der Waals surface area contributed by atoms with Gasteiger partial charge in [-0.2, -0.15) is 0 Å². The zero-order chi connectivity index (χ0) is 12.0. The standard InChI is InChI=1S/C12H20N2OS.ClH/c1-3-9(4-2)12(14-11(15)8-13)10-6-5-7-16-10;/h5-7,9,12H,3-4,8,13H2,1-2H3,(H,14,15);1H. The Labute approximate surface area is 113 Å². The van der Waals surface area contributed by atoms with Crippen LogP contribution in [0.5, 0.6) is 0 Å². The fourth-order valence-corrected chi connectivity index (χ4v) is 2.75. The summed E-state index contributed by atoms with van der Waals surface area (Å²) < 4.78 is 0. The van der Waals surface area contributed by atoms with E-state index in [-0.39, 0.29) is 30.9 Å². The topological polar surface area (TPSA) is 55.1 Å². The third-order valence-corrected chi connectivity index (χ3v) is 3.83. The number of carbonyl (C=O) groups is 1. The largest absolute Gasteiger partial charge is 0.347 e. The predicted molar refractivity (Wildman–Crippen MR) is 75.6 cm³/mol. The summed E-state index contributed by atoms with van der Waals surface area (Å²) in [6.07, 6.45) is 2.12. The molecule has 0 saturated carbocycles. The minimum absolute atomic E-state index is 0. The Kier molecular flexibility index (Phi) is 8.21. The highest BCUT2D eigenvalue weighted by molar-refractivity contribution is 7.10. The van der Waals surface area contributed by atoms with E-state index in [0.717, 1.165) is 12.8 Å². The van der Waals surface area contributed by atoms with Gasteiger partial charge in [-0.3, -0.25) is 4.79 Å². The quantitative estimate of drug-likeness (QED) is 0.839. The molecule has 0 aliphatic heterocycles. The minimum Gasteiger partial charge on any atom is -0.347 e. The van der Waals surface area contributed by atoms with E-state index in [1.54, 1.807) is 11.3 Å². The summed E-state index contributed by atoms with van der Waals surface area (Å²) in [6, 6.07) is 4.21. The molecule has 3 N–H and O–H groups in total. The maximum atomic E-state index is 11.4. The molecule has 0 bridgehead atoms. The van der Waals surface area contributed by atoms with Crippen molar-refractivity contribution in [1.82, 2.24) is 5.32 Å². The van der Waals surface area contributed by atoms with Gasteiger partial charge in [-0.15, -0.1) is 23.7 Å². The van der Waals surface area contributed by atoms with E-state index in [1.807, 2.05) is 11.4 Å². The van der Waals surface area contributed by atoms with E-state index < -0.39 is 0 Å². The van der Waals surface area contributed by atoms with E-state index in [4.69, 9.17) is 5.73 Å². The Morgan fingerprint density at radius 1 is 1.47 bits per heavy atom. The van der Waals surface area contributed by atoms with Crippen molar-refractivity contribution in [2.75, 3.05) is 6.54 Å². The molecule has 1 heterocycles. The number of nitrogens with one attached hydrogen (secondary N) is 1. The molecule has 0 radical (unpaired) electrons. The number of carbonyl (C=O) groups excluding carboxylic acids is 1. The molecule has 5 heteroatoms. The second kappa shape index (κ2) is 8.50. The lowest BCUT2D eigenvalue weighted by Crippen LogP contribution is -2.36. The fraction of sp³-hybridized carbons (Fsp3) is 0.583. The molecule has 0 aliphatic carbocycles. The number of nitrogens with two attached hydrogens (primary N) is 1. The summed E-state index contributed by atoms with van der Waals surface area (Å²) in [5.41, 5.74) is 5.35. The van der Waals surface area contributed by atoms with E-state index in [2.05, 4.69) is 25.2 Å². The first-order chi connectivity index (χ1) is 7.72. The van der Waals surface area contributed by atoms with Gasteiger partial charge in [-0.05, 0) is 17.4 Å². The Hall–Kier alpha value is -0.580. The second-order valence-corrected chi connectivity index (χ2v) is 4.82. The fourth-order valence-electron chi connectivity index (χ4n) is 1.88. The van der Waals surface area contributed by atoms with Crippen LogP contribution in [-0.4, -0.2) is 12.5 Å². The number of thiophene rings is 1. The molecule has 0 aromatic carbocycles. The van der Waals surface area contributed by atoms with Crippen LogP contribution >= 0.6 is 23.7 Å². The molecule has 3 nitrogen and oxygen atoms in total. The summed E-state index contributed by atoms with van der Waals surface area (Å²) >= 11 is 1.69. The smallest absolute Gasteiger partial charge is 0.234 e. The highest BCUT2D eigenvalue weighted by Crippen LogP contribution is 2.30. The molecule has 0 aliphatic rings. The van der Waals surface area contributed by atoms with Crippen molar-refractivity contribution >= 4 is 29.7 Å². The average molecular weight is 277 g/mol. The number of rotatable bonds is 6. The van der Waals surface area contributed by atoms with Crippen molar-refractivity contribution < 1.29 is 4.79 Å². The third kappa shape index (κ3) is 4.66. The summed E-state index contributed by atoms with van der Waals surface area (Å²) in [5, 5.41) is 5.06. The summed E-state index contributed by atoms with van der Waals surface area (Å²) in [5.74, 6) is 0.402. The normalized spacial score (nSPS) is 12.0. The first-order valence-corrected chi connectivity index (χ1v) is 6.63. The van der Waals surface area contributed by atoms with Crippen molar-refractivity contribution in [1.29, 1.82) is 0 Å². The van der Waals surface area contributed by atoms with Crippen molar-refractivity contribution in [3.05, 3.63) is 22.4 Å². The summed E-state index contributed by atoms with van der Waals surface area (Å²) in [7, 11) is 0. The van der Waals surface area contributed by atoms with Gasteiger partial charge in [0.15, 0.2) is 0 Å². The van der Waals surface area contributed by atoms with Gasteiger partial charge in [-0.25, -0.2) is 0 Å². The van der Waals surface area contributed by atoms with Crippen molar-refractivity contribution in [2.45, 2.75) is 32.7 Å². The van der Waals surface area contributed by atoms with Crippen LogP contribution < -0.4 is 11.1 Å². The van der Waals surface area contributed by atoms with Crippen molar-refractivity contribution in [3.63, 3.8) is 0 Å². The molecule has 1 unspecified atom stereocenters. The molecular weight excluding hydrogens is 256 g/mol. The van der Waals surface area contributed by atoms with Crippen LogP contribution in [0.15, 0.2) is 17.5 Å². The number of amides is 1. The van der Waals surface area contributed by atoms with Gasteiger partial charge in [-0.1, -0.05) is 32.8 Å². The van der Waals surface area contributed by atoms with Gasteiger partial charge < -0.3 is 11.1 Å². The lowest BCUT2D eigenvalue weighted by molar-refractivity contribution is -0.120. The molecule has 98 valence electrons. The zero-order valence-corrected chi connectivity index (χ0v) is 11.9. The van der Waals surface area contributed by atoms with Gasteiger partial charge in [0.2, 0.25) is 5.91 Å². The Morgan fingerprint density at radius 3 is 2.53 bits per heavy atom. The molecule has 0 saturated heterocycles. The first kappa shape index (κ1) is 16.4. The molecular formula is C12H21ClN2OS. The number of hydrogen-bond donors (Lipinski definition) is 2. The molecule has 1 atom stereocenters. The van der Waals surface area contributed by atoms with Crippen LogP contribution in [0.1, 0.15) is 37.6 Å². The first-order valence-electron chi connectivity index (χ1n) is 5.75. The monoisotopic (exact) mass is 276 g/mol. The van der Waals surface area contributed by atoms with Crippen molar-refractivity contribution in [3.8, 4) is 0 Å². The molecule has 1 rings (SSSR count). The maximum Gasteiger partial charge on any atom is 0.234 e. The predicted octanol–water partition coefficient (Wildman–Crippen LogP) is 2.72. The van der Waals surface area contributed by atoms with Crippen LogP contribution in [0.25, 0.3) is 0 Å². The average Bonchev–Trinajstić information content (AvgIpc) is 2.82. The Morgan fingerprint density at radius 2 is 2.12 bits per heavy atom. The molecule has 1 aromatic heterocycles. The van der Waals surface area contributed by atoms with Crippen molar-refractivity contribution in [2.24, 2.45) is 11.7 Å². The highest BCUT2D eigenvalue weighted by atomic mass is 35.5. The van der Waals surface area contributed by atoms with E-state index in [0.29, 0.717) is 5.92 Å². The van der Waals surface area contributed by atoms with Crippen LogP contribution in [0.3, 0.4) is 0 Å².